The Bertz CT molecular complexity index is 1670. The van der Waals surface area contributed by atoms with Gasteiger partial charge in [-0.2, -0.15) is 0 Å². The third-order valence-electron chi connectivity index (χ3n) is 18.9. The smallest absolute Gasteiger partial charge is 0.312 e. The zero-order chi connectivity index (χ0) is 35.8. The summed E-state index contributed by atoms with van der Waals surface area (Å²) in [6, 6.07) is 0. The quantitative estimate of drug-likeness (QED) is 0.235. The van der Waals surface area contributed by atoms with Crippen LogP contribution in [0.3, 0.4) is 0 Å². The summed E-state index contributed by atoms with van der Waals surface area (Å²) in [4.78, 5) is 49.3. The van der Waals surface area contributed by atoms with Gasteiger partial charge in [-0.3, -0.25) is 19.2 Å². The van der Waals surface area contributed by atoms with Crippen molar-refractivity contribution in [3.05, 3.63) is 35.5 Å². The minimum atomic E-state index is -0.210. The molecular weight excluding hydrogens is 636 g/mol. The van der Waals surface area contributed by atoms with E-state index < -0.39 is 0 Å². The van der Waals surface area contributed by atoms with E-state index in [1.165, 1.54) is 43.3 Å². The highest BCUT2D eigenvalue weighted by Crippen LogP contribution is 2.73. The maximum atomic E-state index is 12.8. The lowest BCUT2D eigenvalue weighted by Gasteiger charge is -2.61. The molecule has 51 heavy (non-hydrogen) atoms. The number of rotatable bonds is 0. The molecule has 2 aliphatic heterocycles. The Morgan fingerprint density at radius 1 is 0.627 bits per heavy atom. The highest BCUT2D eigenvalue weighted by molar-refractivity contribution is 6.01. The summed E-state index contributed by atoms with van der Waals surface area (Å²) >= 11 is 0. The lowest BCUT2D eigenvalue weighted by Crippen LogP contribution is -2.55. The fourth-order valence-corrected chi connectivity index (χ4v) is 16.0. The summed E-state index contributed by atoms with van der Waals surface area (Å²) in [5, 5.41) is 0. The molecule has 0 aromatic carbocycles. The van der Waals surface area contributed by atoms with E-state index in [1.807, 2.05) is 12.2 Å². The van der Waals surface area contributed by atoms with E-state index in [0.29, 0.717) is 60.4 Å². The molecule has 6 nitrogen and oxygen atoms in total. The van der Waals surface area contributed by atoms with E-state index in [9.17, 15) is 19.2 Å². The maximum absolute atomic E-state index is 12.8. The van der Waals surface area contributed by atoms with Crippen molar-refractivity contribution in [3.63, 3.8) is 0 Å². The molecule has 6 heteroatoms. The van der Waals surface area contributed by atoms with Crippen LogP contribution in [0.4, 0.5) is 0 Å². The number of ether oxygens (including phenoxy) is 2. The number of fused-ring (bicyclic) bond motifs is 12. The Hall–Kier alpha value is -2.50. The fourth-order valence-electron chi connectivity index (χ4n) is 16.0. The summed E-state index contributed by atoms with van der Waals surface area (Å²) < 4.78 is 11.0. The van der Waals surface area contributed by atoms with Gasteiger partial charge < -0.3 is 9.47 Å². The molecule has 8 aliphatic carbocycles. The number of hydrogen-bond acceptors (Lipinski definition) is 6. The van der Waals surface area contributed by atoms with Crippen LogP contribution in [0.5, 0.6) is 0 Å². The highest BCUT2D eigenvalue weighted by atomic mass is 16.5. The van der Waals surface area contributed by atoms with E-state index in [1.54, 1.807) is 6.08 Å². The van der Waals surface area contributed by atoms with Gasteiger partial charge in [0.1, 0.15) is 0 Å². The van der Waals surface area contributed by atoms with Crippen molar-refractivity contribution >= 4 is 23.5 Å². The number of hydrogen-bond donors (Lipinski definition) is 0. The van der Waals surface area contributed by atoms with Crippen molar-refractivity contribution < 1.29 is 28.7 Å². The van der Waals surface area contributed by atoms with Crippen molar-refractivity contribution in [1.29, 1.82) is 0 Å². The molecular formula is C45H60O6. The third-order valence-corrected chi connectivity index (χ3v) is 18.9. The van der Waals surface area contributed by atoms with Gasteiger partial charge in [-0.25, -0.2) is 0 Å². The fraction of sp³-hybridized carbons (Fsp3) is 0.778. The molecule has 2 saturated heterocycles. The van der Waals surface area contributed by atoms with Crippen molar-refractivity contribution in [3.8, 4) is 0 Å². The zero-order valence-corrected chi connectivity index (χ0v) is 31.8. The van der Waals surface area contributed by atoms with Crippen LogP contribution in [-0.4, -0.2) is 36.7 Å². The molecule has 0 amide bonds. The van der Waals surface area contributed by atoms with E-state index in [0.717, 1.165) is 64.2 Å². The van der Waals surface area contributed by atoms with Crippen molar-refractivity contribution in [2.75, 3.05) is 13.2 Å². The average Bonchev–Trinajstić information content (AvgIpc) is 3.84. The van der Waals surface area contributed by atoms with Crippen LogP contribution in [0.2, 0.25) is 0 Å². The molecule has 10 aliphatic rings. The van der Waals surface area contributed by atoms with Gasteiger partial charge in [0.25, 0.3) is 0 Å². The highest BCUT2D eigenvalue weighted by Gasteiger charge is 2.70. The first-order chi connectivity index (χ1) is 24.2. The van der Waals surface area contributed by atoms with E-state index in [2.05, 4.69) is 40.7 Å². The van der Waals surface area contributed by atoms with Crippen LogP contribution < -0.4 is 0 Å². The molecule has 0 N–H and O–H groups in total. The second kappa shape index (κ2) is 11.3. The lowest BCUT2D eigenvalue weighted by molar-refractivity contribution is -0.158. The molecule has 276 valence electrons. The van der Waals surface area contributed by atoms with Crippen LogP contribution in [0.15, 0.2) is 35.5 Å². The zero-order valence-electron chi connectivity index (χ0n) is 31.8. The van der Waals surface area contributed by atoms with Crippen LogP contribution in [0, 0.1) is 73.9 Å². The van der Waals surface area contributed by atoms with Gasteiger partial charge in [-0.05, 0) is 166 Å². The minimum absolute atomic E-state index is 0.0457. The van der Waals surface area contributed by atoms with Gasteiger partial charge in [0.05, 0.1) is 24.0 Å². The minimum Gasteiger partial charge on any atom is -0.465 e. The molecule has 2 spiro atoms. The Labute approximate surface area is 305 Å². The van der Waals surface area contributed by atoms with Gasteiger partial charge >= 0.3 is 11.9 Å². The second-order valence-corrected chi connectivity index (χ2v) is 20.1. The molecule has 6 saturated carbocycles. The van der Waals surface area contributed by atoms with Gasteiger partial charge in [0, 0.05) is 11.8 Å². The largest absolute Gasteiger partial charge is 0.465 e. The maximum Gasteiger partial charge on any atom is 0.312 e. The lowest BCUT2D eigenvalue weighted by atomic mass is 9.43. The van der Waals surface area contributed by atoms with E-state index >= 15 is 0 Å². The van der Waals surface area contributed by atoms with Crippen LogP contribution in [-0.2, 0) is 28.7 Å². The molecule has 13 atom stereocenters. The number of allylic oxidation sites excluding steroid dienone is 5. The normalized spacial score (nSPS) is 52.0. The predicted molar refractivity (Wildman–Crippen MR) is 194 cm³/mol. The molecule has 0 aromatic rings. The summed E-state index contributed by atoms with van der Waals surface area (Å²) in [6.07, 6.45) is 23.8. The molecule has 10 unspecified atom stereocenters. The van der Waals surface area contributed by atoms with Gasteiger partial charge in [-0.1, -0.05) is 51.8 Å². The van der Waals surface area contributed by atoms with Crippen LogP contribution in [0.25, 0.3) is 0 Å². The Balaban J connectivity index is 0.000000137. The van der Waals surface area contributed by atoms with E-state index in [-0.39, 0.29) is 50.2 Å². The number of ketones is 2. The molecule has 0 radical (unpaired) electrons. The van der Waals surface area contributed by atoms with Crippen molar-refractivity contribution in [2.24, 2.45) is 73.9 Å². The third kappa shape index (κ3) is 4.34. The summed E-state index contributed by atoms with van der Waals surface area (Å²) in [6.45, 7) is 13.2. The Morgan fingerprint density at radius 2 is 1.24 bits per heavy atom. The summed E-state index contributed by atoms with van der Waals surface area (Å²) in [5.41, 5.74) is 2.82. The standard InChI is InChI=1S/C23H32O3.C22H28O3/c1-14-12-15-13-16(24)4-7-21(15,2)17-5-8-22(3)18(19(14)17)6-9-23(22)10-11-26-20(23)25;1-20-8-5-15(23)13-14(20)3-4-16-17(20)6-9-21(2)18(16)7-10-22(21)11-12-25-19(22)24/h13-14,17-19H,4-12H2,1-3H3;5,8,13,16-18H,3-4,6-7,9-12H2,1-2H3/t14-,17?,18?,19?,21?,22?,23-;16?,17?,18?,20?,21?,22-/m11/s1. The number of esters is 2. The first kappa shape index (κ1) is 34.3. The Kier molecular flexibility index (Phi) is 7.57. The molecule has 8 fully saturated rings. The molecule has 2 heterocycles. The first-order valence-corrected chi connectivity index (χ1v) is 20.8. The van der Waals surface area contributed by atoms with Gasteiger partial charge in [0.2, 0.25) is 0 Å². The topological polar surface area (TPSA) is 86.7 Å². The molecule has 0 bridgehead atoms. The van der Waals surface area contributed by atoms with Gasteiger partial charge in [-0.15, -0.1) is 0 Å². The van der Waals surface area contributed by atoms with Crippen molar-refractivity contribution in [2.45, 2.75) is 131 Å². The number of carbonyl (C=O) groups excluding carboxylic acids is 4. The molecule has 10 rings (SSSR count). The average molecular weight is 697 g/mol. The Morgan fingerprint density at radius 3 is 1.88 bits per heavy atom. The number of carbonyl (C=O) groups is 4. The number of cyclic esters (lactones) is 2. The summed E-state index contributed by atoms with van der Waals surface area (Å²) in [7, 11) is 0. The van der Waals surface area contributed by atoms with Gasteiger partial charge in [0.15, 0.2) is 11.6 Å². The van der Waals surface area contributed by atoms with Crippen molar-refractivity contribution in [1.82, 2.24) is 0 Å². The summed E-state index contributed by atoms with van der Waals surface area (Å²) in [5.74, 6) is 5.20. The molecule has 0 aromatic heterocycles. The monoisotopic (exact) mass is 696 g/mol. The van der Waals surface area contributed by atoms with Crippen LogP contribution >= 0.6 is 0 Å². The SMILES string of the molecule is CC12C=CC(=O)C=C1CCC1C2CCC2(C)C1CC[C@]21CCOC1=O.C[C@@H]1CC2=CC(=O)CCC2(C)C2CCC3(C)C(CC[C@]34CCOC4=O)C21. The van der Waals surface area contributed by atoms with E-state index in [4.69, 9.17) is 9.47 Å². The second-order valence-electron chi connectivity index (χ2n) is 20.1. The van der Waals surface area contributed by atoms with Crippen LogP contribution in [0.1, 0.15) is 131 Å². The predicted octanol–water partition coefficient (Wildman–Crippen LogP) is 8.93. The first-order valence-electron chi connectivity index (χ1n) is 20.8.